The van der Waals surface area contributed by atoms with Crippen molar-refractivity contribution in [3.8, 4) is 11.4 Å². The predicted octanol–water partition coefficient (Wildman–Crippen LogP) is 2.38. The van der Waals surface area contributed by atoms with Crippen LogP contribution in [0.2, 0.25) is 0 Å². The third kappa shape index (κ3) is 5.54. The van der Waals surface area contributed by atoms with E-state index in [0.717, 1.165) is 29.5 Å². The zero-order chi connectivity index (χ0) is 18.1. The van der Waals surface area contributed by atoms with Crippen molar-refractivity contribution in [2.24, 2.45) is 0 Å². The molecular formula is C17H25N5O2S. The number of nitrogens with one attached hydrogen (secondary N) is 1. The predicted molar refractivity (Wildman–Crippen MR) is 98.4 cm³/mol. The third-order valence-corrected chi connectivity index (χ3v) is 4.61. The second-order valence-corrected chi connectivity index (χ2v) is 6.71. The number of nitrogens with zero attached hydrogens (tertiary/aromatic N) is 4. The molecule has 8 heteroatoms. The van der Waals surface area contributed by atoms with Crippen LogP contribution in [0.5, 0.6) is 0 Å². The van der Waals surface area contributed by atoms with Gasteiger partial charge in [0.15, 0.2) is 11.0 Å². The van der Waals surface area contributed by atoms with Gasteiger partial charge < -0.3 is 14.6 Å². The van der Waals surface area contributed by atoms with Gasteiger partial charge in [-0.05, 0) is 39.3 Å². The van der Waals surface area contributed by atoms with Gasteiger partial charge in [0.2, 0.25) is 5.91 Å². The van der Waals surface area contributed by atoms with Gasteiger partial charge in [0, 0.05) is 44.3 Å². The van der Waals surface area contributed by atoms with Crippen LogP contribution in [0.3, 0.4) is 0 Å². The number of pyridine rings is 1. The highest BCUT2D eigenvalue weighted by Gasteiger charge is 2.20. The lowest BCUT2D eigenvalue weighted by atomic mass is 10.2. The third-order valence-electron chi connectivity index (χ3n) is 3.53. The molecule has 0 fully saturated rings. The molecule has 0 spiro atoms. The van der Waals surface area contributed by atoms with Crippen LogP contribution < -0.4 is 5.32 Å². The Kier molecular flexibility index (Phi) is 7.87. The number of rotatable bonds is 10. The van der Waals surface area contributed by atoms with Crippen LogP contribution in [0.4, 0.5) is 0 Å². The Bertz CT molecular complexity index is 662. The fourth-order valence-corrected chi connectivity index (χ4v) is 3.19. The van der Waals surface area contributed by atoms with E-state index >= 15 is 0 Å². The summed E-state index contributed by atoms with van der Waals surface area (Å²) in [5, 5.41) is 12.0. The summed E-state index contributed by atoms with van der Waals surface area (Å²) in [6.07, 6.45) is 4.32. The zero-order valence-electron chi connectivity index (χ0n) is 14.9. The number of hydrogen-bond acceptors (Lipinski definition) is 6. The van der Waals surface area contributed by atoms with Crippen molar-refractivity contribution in [3.63, 3.8) is 0 Å². The quantitative estimate of drug-likeness (QED) is 0.515. The maximum Gasteiger partial charge on any atom is 0.233 e. The molecule has 0 saturated heterocycles. The minimum Gasteiger partial charge on any atom is -0.382 e. The van der Waals surface area contributed by atoms with Crippen LogP contribution >= 0.6 is 11.8 Å². The first-order chi connectivity index (χ1) is 12.2. The number of aromatic nitrogens is 4. The second kappa shape index (κ2) is 10.1. The number of amides is 1. The van der Waals surface area contributed by atoms with Gasteiger partial charge in [0.05, 0.1) is 5.25 Å². The Morgan fingerprint density at radius 3 is 2.76 bits per heavy atom. The van der Waals surface area contributed by atoms with Crippen LogP contribution in [0.25, 0.3) is 11.4 Å². The van der Waals surface area contributed by atoms with Crippen LogP contribution in [-0.2, 0) is 16.1 Å². The molecule has 7 nitrogen and oxygen atoms in total. The average Bonchev–Trinajstić information content (AvgIpc) is 3.02. The molecule has 1 amide bonds. The molecule has 0 saturated carbocycles. The molecule has 25 heavy (non-hydrogen) atoms. The molecule has 1 N–H and O–H groups in total. The number of ether oxygens (including phenoxy) is 1. The lowest BCUT2D eigenvalue weighted by Gasteiger charge is -2.13. The Hall–Kier alpha value is -1.93. The summed E-state index contributed by atoms with van der Waals surface area (Å²) in [6, 6.07) is 3.81. The summed E-state index contributed by atoms with van der Waals surface area (Å²) in [7, 11) is 0. The summed E-state index contributed by atoms with van der Waals surface area (Å²) in [5.41, 5.74) is 0.955. The Labute approximate surface area is 152 Å². The van der Waals surface area contributed by atoms with Gasteiger partial charge in [-0.25, -0.2) is 0 Å². The molecule has 2 rings (SSSR count). The van der Waals surface area contributed by atoms with Gasteiger partial charge in [-0.1, -0.05) is 11.8 Å². The SMILES string of the molecule is CCNC(=O)[C@H](C)Sc1nnc(-c2ccncc2)n1CCCOCC. The summed E-state index contributed by atoms with van der Waals surface area (Å²) in [6.45, 7) is 8.50. The van der Waals surface area contributed by atoms with Gasteiger partial charge in [0.1, 0.15) is 0 Å². The van der Waals surface area contributed by atoms with Crippen LogP contribution in [0.1, 0.15) is 27.2 Å². The van der Waals surface area contributed by atoms with E-state index in [1.54, 1.807) is 12.4 Å². The summed E-state index contributed by atoms with van der Waals surface area (Å²) in [5.74, 6) is 0.784. The minimum atomic E-state index is -0.236. The first kappa shape index (κ1) is 19.4. The van der Waals surface area contributed by atoms with E-state index in [4.69, 9.17) is 4.74 Å². The molecule has 0 bridgehead atoms. The fraction of sp³-hybridized carbons (Fsp3) is 0.529. The van der Waals surface area contributed by atoms with Crippen molar-refractivity contribution in [2.75, 3.05) is 19.8 Å². The van der Waals surface area contributed by atoms with Crippen LogP contribution in [-0.4, -0.2) is 50.7 Å². The first-order valence-electron chi connectivity index (χ1n) is 8.53. The van der Waals surface area contributed by atoms with Crippen molar-refractivity contribution < 1.29 is 9.53 Å². The average molecular weight is 363 g/mol. The van der Waals surface area contributed by atoms with E-state index in [0.29, 0.717) is 19.8 Å². The Morgan fingerprint density at radius 2 is 2.08 bits per heavy atom. The maximum absolute atomic E-state index is 12.0. The molecule has 136 valence electrons. The number of carbonyl (C=O) groups excluding carboxylic acids is 1. The van der Waals surface area contributed by atoms with Gasteiger partial charge in [-0.3, -0.25) is 9.78 Å². The lowest BCUT2D eigenvalue weighted by molar-refractivity contribution is -0.120. The molecule has 0 unspecified atom stereocenters. The molecule has 2 heterocycles. The van der Waals surface area contributed by atoms with E-state index in [9.17, 15) is 4.79 Å². The number of thioether (sulfide) groups is 1. The van der Waals surface area contributed by atoms with E-state index in [1.807, 2.05) is 32.9 Å². The van der Waals surface area contributed by atoms with E-state index in [-0.39, 0.29) is 11.2 Å². The van der Waals surface area contributed by atoms with Gasteiger partial charge in [-0.2, -0.15) is 0 Å². The molecule has 2 aromatic heterocycles. The lowest BCUT2D eigenvalue weighted by Crippen LogP contribution is -2.30. The molecule has 1 atom stereocenters. The number of hydrogen-bond donors (Lipinski definition) is 1. The highest BCUT2D eigenvalue weighted by atomic mass is 32.2. The summed E-state index contributed by atoms with van der Waals surface area (Å²) >= 11 is 1.42. The first-order valence-corrected chi connectivity index (χ1v) is 9.41. The summed E-state index contributed by atoms with van der Waals surface area (Å²) in [4.78, 5) is 16.1. The fourth-order valence-electron chi connectivity index (χ4n) is 2.29. The molecular weight excluding hydrogens is 338 g/mol. The molecule has 2 aromatic rings. The second-order valence-electron chi connectivity index (χ2n) is 5.40. The van der Waals surface area contributed by atoms with Crippen molar-refractivity contribution in [1.82, 2.24) is 25.1 Å². The minimum absolute atomic E-state index is 0.00169. The Morgan fingerprint density at radius 1 is 1.32 bits per heavy atom. The van der Waals surface area contributed by atoms with Crippen molar-refractivity contribution in [1.29, 1.82) is 0 Å². The molecule has 0 aliphatic rings. The van der Waals surface area contributed by atoms with E-state index in [1.165, 1.54) is 11.8 Å². The normalized spacial score (nSPS) is 12.1. The van der Waals surface area contributed by atoms with E-state index < -0.39 is 0 Å². The molecule has 0 aliphatic carbocycles. The Balaban J connectivity index is 2.20. The van der Waals surface area contributed by atoms with Crippen molar-refractivity contribution in [3.05, 3.63) is 24.5 Å². The standard InChI is InChI=1S/C17H25N5O2S/c1-4-19-16(23)13(3)25-17-21-20-15(14-7-9-18-10-8-14)22(17)11-6-12-24-5-2/h7-10,13H,4-6,11-12H2,1-3H3,(H,19,23)/t13-/m0/s1. The van der Waals surface area contributed by atoms with Crippen molar-refractivity contribution in [2.45, 2.75) is 44.1 Å². The van der Waals surface area contributed by atoms with Crippen LogP contribution in [0.15, 0.2) is 29.7 Å². The summed E-state index contributed by atoms with van der Waals surface area (Å²) < 4.78 is 7.48. The van der Waals surface area contributed by atoms with E-state index in [2.05, 4.69) is 25.1 Å². The van der Waals surface area contributed by atoms with Gasteiger partial charge >= 0.3 is 0 Å². The molecule has 0 radical (unpaired) electrons. The monoisotopic (exact) mass is 363 g/mol. The highest BCUT2D eigenvalue weighted by Crippen LogP contribution is 2.27. The maximum atomic E-state index is 12.0. The molecule has 0 aromatic carbocycles. The van der Waals surface area contributed by atoms with Crippen molar-refractivity contribution >= 4 is 17.7 Å². The van der Waals surface area contributed by atoms with Gasteiger partial charge in [-0.15, -0.1) is 10.2 Å². The smallest absolute Gasteiger partial charge is 0.233 e. The van der Waals surface area contributed by atoms with Crippen LogP contribution in [0, 0.1) is 0 Å². The largest absolute Gasteiger partial charge is 0.382 e. The van der Waals surface area contributed by atoms with Gasteiger partial charge in [0.25, 0.3) is 0 Å². The molecule has 0 aliphatic heterocycles. The topological polar surface area (TPSA) is 81.9 Å². The zero-order valence-corrected chi connectivity index (χ0v) is 15.8. The number of carbonyl (C=O) groups is 1. The highest BCUT2D eigenvalue weighted by molar-refractivity contribution is 8.00.